The number of carbonyl (C=O) groups excluding carboxylic acids is 1. The number of carbonyl (C=O) groups is 1. The smallest absolute Gasteiger partial charge is 0.244 e. The number of hydrogen-bond donors (Lipinski definition) is 0. The van der Waals surface area contributed by atoms with Crippen LogP contribution in [-0.4, -0.2) is 30.5 Å². The number of benzene rings is 2. The molecule has 0 bridgehead atoms. The highest BCUT2D eigenvalue weighted by Crippen LogP contribution is 2.43. The van der Waals surface area contributed by atoms with Crippen molar-refractivity contribution in [1.82, 2.24) is 4.90 Å². The highest BCUT2D eigenvalue weighted by atomic mass is 32.2. The molecule has 0 radical (unpaired) electrons. The van der Waals surface area contributed by atoms with Gasteiger partial charge < -0.3 is 4.90 Å². The predicted molar refractivity (Wildman–Crippen MR) is 112 cm³/mol. The van der Waals surface area contributed by atoms with E-state index >= 15 is 0 Å². The number of nitrogens with zero attached hydrogens (tertiary/aromatic N) is 1. The van der Waals surface area contributed by atoms with Crippen LogP contribution in [0.1, 0.15) is 49.3 Å². The van der Waals surface area contributed by atoms with Crippen LogP contribution in [0, 0.1) is 19.7 Å². The van der Waals surface area contributed by atoms with Gasteiger partial charge in [0.1, 0.15) is 5.82 Å². The molecular weight excluding hydrogens is 389 g/mol. The molecule has 29 heavy (non-hydrogen) atoms. The summed E-state index contributed by atoms with van der Waals surface area (Å²) in [4.78, 5) is 15.4. The Balaban J connectivity index is 2.03. The average molecular weight is 418 g/mol. The van der Waals surface area contributed by atoms with Gasteiger partial charge in [0.15, 0.2) is 14.6 Å². The lowest BCUT2D eigenvalue weighted by atomic mass is 10.0. The lowest BCUT2D eigenvalue weighted by Gasteiger charge is -2.34. The predicted octanol–water partition coefficient (Wildman–Crippen LogP) is 4.58. The third-order valence-electron chi connectivity index (χ3n) is 5.88. The second-order valence-electron chi connectivity index (χ2n) is 7.92. The molecule has 0 saturated heterocycles. The zero-order chi connectivity index (χ0) is 21.2. The van der Waals surface area contributed by atoms with Crippen molar-refractivity contribution in [2.24, 2.45) is 0 Å². The second-order valence-corrected chi connectivity index (χ2v) is 10.2. The number of sulfone groups is 1. The van der Waals surface area contributed by atoms with E-state index in [4.69, 9.17) is 0 Å². The molecule has 1 saturated carbocycles. The fourth-order valence-corrected chi connectivity index (χ4v) is 6.66. The summed E-state index contributed by atoms with van der Waals surface area (Å²) in [5.41, 5.74) is 2.15. The third kappa shape index (κ3) is 3.95. The van der Waals surface area contributed by atoms with Gasteiger partial charge in [0, 0.05) is 13.1 Å². The van der Waals surface area contributed by atoms with E-state index in [2.05, 4.69) is 0 Å². The van der Waals surface area contributed by atoms with Crippen LogP contribution >= 0.6 is 0 Å². The molecule has 1 aliphatic carbocycles. The second kappa shape index (κ2) is 8.27. The monoisotopic (exact) mass is 417 g/mol. The van der Waals surface area contributed by atoms with Gasteiger partial charge in [-0.3, -0.25) is 4.79 Å². The van der Waals surface area contributed by atoms with Gasteiger partial charge in [0.2, 0.25) is 5.91 Å². The zero-order valence-electron chi connectivity index (χ0n) is 17.2. The molecule has 2 aromatic rings. The highest BCUT2D eigenvalue weighted by Gasteiger charge is 2.54. The zero-order valence-corrected chi connectivity index (χ0v) is 18.1. The molecule has 3 rings (SSSR count). The Kier molecular flexibility index (Phi) is 6.13. The normalized spacial score (nSPS) is 16.0. The van der Waals surface area contributed by atoms with Gasteiger partial charge in [-0.2, -0.15) is 0 Å². The maximum Gasteiger partial charge on any atom is 0.244 e. The lowest BCUT2D eigenvalue weighted by Crippen LogP contribution is -2.52. The number of halogens is 1. The molecule has 1 amide bonds. The first kappa shape index (κ1) is 21.5. The van der Waals surface area contributed by atoms with Gasteiger partial charge in [0.25, 0.3) is 0 Å². The first-order chi connectivity index (χ1) is 13.7. The van der Waals surface area contributed by atoms with E-state index in [1.54, 1.807) is 36.1 Å². The first-order valence-electron chi connectivity index (χ1n) is 10.1. The molecule has 0 aromatic heterocycles. The molecular formula is C23H28FNO3S. The van der Waals surface area contributed by atoms with Crippen molar-refractivity contribution in [3.8, 4) is 0 Å². The van der Waals surface area contributed by atoms with Crippen LogP contribution < -0.4 is 0 Å². The largest absolute Gasteiger partial charge is 0.337 e. The Hall–Kier alpha value is -2.21. The van der Waals surface area contributed by atoms with Crippen molar-refractivity contribution in [3.63, 3.8) is 0 Å². The SMILES string of the molecule is CCN(Cc1cccc(F)c1)C(=O)C1(S(=O)(=O)c2cc(C)ccc2C)CCCC1. The Bertz CT molecular complexity index is 1010. The molecule has 1 fully saturated rings. The number of amides is 1. The summed E-state index contributed by atoms with van der Waals surface area (Å²) in [6.07, 6.45) is 2.04. The van der Waals surface area contributed by atoms with Crippen LogP contribution in [0.25, 0.3) is 0 Å². The topological polar surface area (TPSA) is 54.5 Å². The first-order valence-corrected chi connectivity index (χ1v) is 11.6. The van der Waals surface area contributed by atoms with Crippen LogP contribution in [0.4, 0.5) is 4.39 Å². The molecule has 0 atom stereocenters. The van der Waals surface area contributed by atoms with Gasteiger partial charge in [-0.25, -0.2) is 12.8 Å². The van der Waals surface area contributed by atoms with E-state index in [0.717, 1.165) is 5.56 Å². The molecule has 0 spiro atoms. The highest BCUT2D eigenvalue weighted by molar-refractivity contribution is 7.93. The van der Waals surface area contributed by atoms with E-state index < -0.39 is 14.6 Å². The van der Waals surface area contributed by atoms with Crippen LogP contribution in [0.3, 0.4) is 0 Å². The van der Waals surface area contributed by atoms with E-state index in [1.165, 1.54) is 12.1 Å². The van der Waals surface area contributed by atoms with Gasteiger partial charge >= 0.3 is 0 Å². The quantitative estimate of drug-likeness (QED) is 0.691. The molecule has 156 valence electrons. The van der Waals surface area contributed by atoms with Crippen LogP contribution in [0.15, 0.2) is 47.4 Å². The number of hydrogen-bond acceptors (Lipinski definition) is 3. The summed E-state index contributed by atoms with van der Waals surface area (Å²) in [5, 5.41) is 0. The van der Waals surface area contributed by atoms with Gasteiger partial charge in [-0.15, -0.1) is 0 Å². The van der Waals surface area contributed by atoms with Gasteiger partial charge in [0.05, 0.1) is 4.90 Å². The van der Waals surface area contributed by atoms with Gasteiger partial charge in [-0.1, -0.05) is 37.1 Å². The molecule has 0 N–H and O–H groups in total. The molecule has 0 heterocycles. The number of rotatable bonds is 6. The minimum atomic E-state index is -3.87. The molecule has 4 nitrogen and oxygen atoms in total. The van der Waals surface area contributed by atoms with E-state index in [1.807, 2.05) is 19.9 Å². The standard InChI is InChI=1S/C23H28FNO3S/c1-4-25(16-19-8-7-9-20(24)15-19)22(26)23(12-5-6-13-23)29(27,28)21-14-17(2)10-11-18(21)3/h7-11,14-15H,4-6,12-13,16H2,1-3H3. The minimum absolute atomic E-state index is 0.192. The summed E-state index contributed by atoms with van der Waals surface area (Å²) in [6, 6.07) is 11.4. The Labute approximate surface area is 172 Å². The van der Waals surface area contributed by atoms with Crippen molar-refractivity contribution in [2.75, 3.05) is 6.54 Å². The Morgan fingerprint density at radius 3 is 2.41 bits per heavy atom. The van der Waals surface area contributed by atoms with Crippen molar-refractivity contribution < 1.29 is 17.6 Å². The maximum atomic E-state index is 13.8. The minimum Gasteiger partial charge on any atom is -0.337 e. The third-order valence-corrected chi connectivity index (χ3v) is 8.51. The number of aryl methyl sites for hydroxylation is 2. The lowest BCUT2D eigenvalue weighted by molar-refractivity contribution is -0.134. The van der Waals surface area contributed by atoms with Crippen LogP contribution in [0.2, 0.25) is 0 Å². The summed E-state index contributed by atoms with van der Waals surface area (Å²) in [7, 11) is -3.87. The van der Waals surface area contributed by atoms with Crippen molar-refractivity contribution in [1.29, 1.82) is 0 Å². The van der Waals surface area contributed by atoms with Crippen molar-refractivity contribution in [2.45, 2.75) is 62.6 Å². The van der Waals surface area contributed by atoms with Crippen molar-refractivity contribution in [3.05, 3.63) is 65.0 Å². The molecule has 2 aromatic carbocycles. The van der Waals surface area contributed by atoms with Crippen molar-refractivity contribution >= 4 is 15.7 Å². The van der Waals surface area contributed by atoms with E-state index in [0.29, 0.717) is 43.4 Å². The summed E-state index contributed by atoms with van der Waals surface area (Å²) in [5.74, 6) is -0.743. The molecule has 0 unspecified atom stereocenters. The van der Waals surface area contributed by atoms with E-state index in [9.17, 15) is 17.6 Å². The Morgan fingerprint density at radius 2 is 1.79 bits per heavy atom. The Morgan fingerprint density at radius 1 is 1.10 bits per heavy atom. The van der Waals surface area contributed by atoms with Crippen LogP contribution in [-0.2, 0) is 21.2 Å². The average Bonchev–Trinajstić information content (AvgIpc) is 3.19. The summed E-state index contributed by atoms with van der Waals surface area (Å²) < 4.78 is 39.7. The summed E-state index contributed by atoms with van der Waals surface area (Å²) >= 11 is 0. The van der Waals surface area contributed by atoms with Crippen LogP contribution in [0.5, 0.6) is 0 Å². The molecule has 0 aliphatic heterocycles. The van der Waals surface area contributed by atoms with Gasteiger partial charge in [-0.05, 0) is 68.5 Å². The molecule has 6 heteroatoms. The fourth-order valence-electron chi connectivity index (χ4n) is 4.22. The maximum absolute atomic E-state index is 13.8. The molecule has 1 aliphatic rings. The van der Waals surface area contributed by atoms with E-state index in [-0.39, 0.29) is 23.2 Å². The summed E-state index contributed by atoms with van der Waals surface area (Å²) in [6.45, 7) is 5.99. The fraction of sp³-hybridized carbons (Fsp3) is 0.435.